The van der Waals surface area contributed by atoms with E-state index in [2.05, 4.69) is 4.98 Å². The van der Waals surface area contributed by atoms with Crippen molar-refractivity contribution in [1.82, 2.24) is 14.8 Å². The van der Waals surface area contributed by atoms with Crippen LogP contribution in [0.5, 0.6) is 5.75 Å². The van der Waals surface area contributed by atoms with Crippen molar-refractivity contribution in [2.24, 2.45) is 5.92 Å². The number of carbonyl (C=O) groups is 2. The fourth-order valence-electron chi connectivity index (χ4n) is 5.84. The Morgan fingerprint density at radius 1 is 1.00 bits per heavy atom. The van der Waals surface area contributed by atoms with E-state index in [9.17, 15) is 27.2 Å². The summed E-state index contributed by atoms with van der Waals surface area (Å²) in [6.07, 6.45) is -3.16. The number of benzene rings is 2. The molecule has 1 aromatic heterocycles. The van der Waals surface area contributed by atoms with Gasteiger partial charge in [-0.15, -0.1) is 0 Å². The van der Waals surface area contributed by atoms with Gasteiger partial charge in [-0.2, -0.15) is 13.2 Å². The van der Waals surface area contributed by atoms with Crippen LogP contribution in [0.2, 0.25) is 5.02 Å². The van der Waals surface area contributed by atoms with Crippen LogP contribution in [0.3, 0.4) is 0 Å². The number of piperidine rings is 1. The second kappa shape index (κ2) is 12.8. The summed E-state index contributed by atoms with van der Waals surface area (Å²) in [5.74, 6) is -0.268. The van der Waals surface area contributed by atoms with Crippen LogP contribution >= 0.6 is 11.6 Å². The number of anilines is 1. The van der Waals surface area contributed by atoms with Gasteiger partial charge in [-0.1, -0.05) is 23.7 Å². The highest BCUT2D eigenvalue weighted by Gasteiger charge is 2.43. The fourth-order valence-corrected chi connectivity index (χ4v) is 5.96. The normalized spacial score (nSPS) is 19.4. The average Bonchev–Trinajstić information content (AvgIpc) is 3.43. The van der Waals surface area contributed by atoms with Crippen molar-refractivity contribution < 1.29 is 31.9 Å². The van der Waals surface area contributed by atoms with Crippen molar-refractivity contribution in [2.45, 2.75) is 37.9 Å². The number of ether oxygens (including phenoxy) is 1. The molecule has 0 spiro atoms. The molecule has 2 aliphatic rings. The van der Waals surface area contributed by atoms with Crippen molar-refractivity contribution in [1.29, 1.82) is 0 Å². The number of amides is 2. The average molecular weight is 619 g/mol. The van der Waals surface area contributed by atoms with Gasteiger partial charge in [0.15, 0.2) is 0 Å². The van der Waals surface area contributed by atoms with Crippen molar-refractivity contribution >= 4 is 29.4 Å². The van der Waals surface area contributed by atoms with Crippen LogP contribution in [0.15, 0.2) is 66.9 Å². The molecule has 12 heteroatoms. The number of pyridine rings is 1. The molecule has 2 amide bonds. The Bertz CT molecular complexity index is 1410. The van der Waals surface area contributed by atoms with Crippen LogP contribution in [-0.4, -0.2) is 65.5 Å². The summed E-state index contributed by atoms with van der Waals surface area (Å²) in [4.78, 5) is 36.3. The molecule has 0 radical (unpaired) electrons. The molecule has 2 atom stereocenters. The van der Waals surface area contributed by atoms with E-state index in [1.54, 1.807) is 21.9 Å². The zero-order valence-electron chi connectivity index (χ0n) is 23.4. The molecule has 2 saturated heterocycles. The lowest BCUT2D eigenvalue weighted by Gasteiger charge is -2.34. The van der Waals surface area contributed by atoms with Crippen molar-refractivity contribution in [3.63, 3.8) is 0 Å². The predicted molar refractivity (Wildman–Crippen MR) is 154 cm³/mol. The van der Waals surface area contributed by atoms with Crippen LogP contribution in [0.25, 0.3) is 0 Å². The number of halogens is 5. The first-order chi connectivity index (χ1) is 20.5. The third-order valence-corrected chi connectivity index (χ3v) is 8.39. The zero-order valence-corrected chi connectivity index (χ0v) is 24.2. The first-order valence-corrected chi connectivity index (χ1v) is 14.5. The number of nitrogens with zero attached hydrogens (tertiary/aromatic N) is 4. The van der Waals surface area contributed by atoms with Crippen molar-refractivity contribution in [2.75, 3.05) is 37.6 Å². The number of hydrogen-bond donors (Lipinski definition) is 0. The minimum atomic E-state index is -4.45. The minimum absolute atomic E-state index is 0.0237. The lowest BCUT2D eigenvalue weighted by atomic mass is 9.93. The van der Waals surface area contributed by atoms with Gasteiger partial charge in [0.05, 0.1) is 11.6 Å². The van der Waals surface area contributed by atoms with Gasteiger partial charge in [0.1, 0.15) is 17.4 Å². The highest BCUT2D eigenvalue weighted by atomic mass is 35.5. The molecule has 2 fully saturated rings. The molecule has 5 rings (SSSR count). The number of alkyl halides is 3. The summed E-state index contributed by atoms with van der Waals surface area (Å²) in [5, 5.41) is 0.573. The standard InChI is InChI=1S/C31H31ClF4N4O3/c1-2-40(30(42)43-25-10-8-24(33)9-11-25)27-19-39(18-26(27)20-3-6-23(32)7-4-20)29(41)21-13-15-38(16-14-21)28-12-5-22(17-37-28)31(34,35)36/h3-12,17,21,26-27H,2,13-16,18-19H2,1H3. The number of aromatic nitrogens is 1. The van der Waals surface area contributed by atoms with E-state index < -0.39 is 23.7 Å². The monoisotopic (exact) mass is 618 g/mol. The second-order valence-electron chi connectivity index (χ2n) is 10.7. The van der Waals surface area contributed by atoms with Gasteiger partial charge in [0, 0.05) is 55.8 Å². The second-order valence-corrected chi connectivity index (χ2v) is 11.2. The smallest absolute Gasteiger partial charge is 0.410 e. The van der Waals surface area contributed by atoms with E-state index in [4.69, 9.17) is 16.3 Å². The summed E-state index contributed by atoms with van der Waals surface area (Å²) < 4.78 is 57.7. The van der Waals surface area contributed by atoms with Gasteiger partial charge in [-0.05, 0) is 73.9 Å². The highest BCUT2D eigenvalue weighted by molar-refractivity contribution is 6.30. The number of hydrogen-bond acceptors (Lipinski definition) is 5. The Morgan fingerprint density at radius 2 is 1.67 bits per heavy atom. The number of likely N-dealkylation sites (N-methyl/N-ethyl adjacent to an activating group) is 1. The molecule has 0 saturated carbocycles. The van der Waals surface area contributed by atoms with E-state index in [0.29, 0.717) is 56.4 Å². The Kier molecular flexibility index (Phi) is 9.10. The third kappa shape index (κ3) is 7.04. The minimum Gasteiger partial charge on any atom is -0.410 e. The van der Waals surface area contributed by atoms with E-state index >= 15 is 0 Å². The highest BCUT2D eigenvalue weighted by Crippen LogP contribution is 2.35. The molecule has 2 unspecified atom stereocenters. The Labute approximate surface area is 252 Å². The van der Waals surface area contributed by atoms with E-state index in [0.717, 1.165) is 17.8 Å². The van der Waals surface area contributed by atoms with Crippen LogP contribution in [0.4, 0.5) is 28.2 Å². The zero-order chi connectivity index (χ0) is 30.7. The molecule has 2 aromatic carbocycles. The maximum atomic E-state index is 13.8. The first-order valence-electron chi connectivity index (χ1n) is 14.1. The van der Waals surface area contributed by atoms with E-state index in [1.807, 2.05) is 24.0 Å². The lowest BCUT2D eigenvalue weighted by Crippen LogP contribution is -2.47. The van der Waals surface area contributed by atoms with Crippen LogP contribution in [0.1, 0.15) is 36.8 Å². The SMILES string of the molecule is CCN(C(=O)Oc1ccc(F)cc1)C1CN(C(=O)C2CCN(c3ccc(C(F)(F)F)cn3)CC2)CC1c1ccc(Cl)cc1. The van der Waals surface area contributed by atoms with Gasteiger partial charge in [-0.25, -0.2) is 14.2 Å². The van der Waals surface area contributed by atoms with E-state index in [-0.39, 0.29) is 29.5 Å². The summed E-state index contributed by atoms with van der Waals surface area (Å²) in [7, 11) is 0. The van der Waals surface area contributed by atoms with Crippen LogP contribution in [-0.2, 0) is 11.0 Å². The Balaban J connectivity index is 1.28. The van der Waals surface area contributed by atoms with Gasteiger partial charge in [0.25, 0.3) is 0 Å². The number of likely N-dealkylation sites (tertiary alicyclic amines) is 1. The molecule has 0 bridgehead atoms. The Hall–Kier alpha value is -3.86. The molecular weight excluding hydrogens is 588 g/mol. The quantitative estimate of drug-likeness (QED) is 0.290. The summed E-state index contributed by atoms with van der Waals surface area (Å²) in [6, 6.07) is 14.5. The predicted octanol–water partition coefficient (Wildman–Crippen LogP) is 6.62. The van der Waals surface area contributed by atoms with Gasteiger partial charge < -0.3 is 19.4 Å². The van der Waals surface area contributed by atoms with Gasteiger partial charge in [-0.3, -0.25) is 4.79 Å². The summed E-state index contributed by atoms with van der Waals surface area (Å²) in [6.45, 7) is 3.83. The molecule has 0 aliphatic carbocycles. The summed E-state index contributed by atoms with van der Waals surface area (Å²) >= 11 is 6.13. The first kappa shape index (κ1) is 30.6. The number of rotatable bonds is 6. The van der Waals surface area contributed by atoms with Crippen molar-refractivity contribution in [3.8, 4) is 5.75 Å². The molecular formula is C31H31ClF4N4O3. The molecule has 3 heterocycles. The fraction of sp³-hybridized carbons (Fsp3) is 0.387. The number of carbonyl (C=O) groups excluding carboxylic acids is 2. The Morgan fingerprint density at radius 3 is 2.26 bits per heavy atom. The molecule has 0 N–H and O–H groups in total. The lowest BCUT2D eigenvalue weighted by molar-refractivity contribution is -0.138. The van der Waals surface area contributed by atoms with E-state index in [1.165, 1.54) is 30.3 Å². The summed E-state index contributed by atoms with van der Waals surface area (Å²) in [5.41, 5.74) is 0.128. The van der Waals surface area contributed by atoms with Crippen LogP contribution < -0.4 is 9.64 Å². The largest absolute Gasteiger partial charge is 0.417 e. The van der Waals surface area contributed by atoms with Gasteiger partial charge >= 0.3 is 12.3 Å². The van der Waals surface area contributed by atoms with Crippen LogP contribution in [0, 0.1) is 11.7 Å². The maximum absolute atomic E-state index is 13.8. The molecule has 3 aromatic rings. The third-order valence-electron chi connectivity index (χ3n) is 8.14. The van der Waals surface area contributed by atoms with Crippen molar-refractivity contribution in [3.05, 3.63) is 88.8 Å². The molecule has 228 valence electrons. The molecule has 2 aliphatic heterocycles. The topological polar surface area (TPSA) is 66.0 Å². The molecule has 7 nitrogen and oxygen atoms in total. The molecule has 43 heavy (non-hydrogen) atoms. The maximum Gasteiger partial charge on any atom is 0.417 e. The van der Waals surface area contributed by atoms with Gasteiger partial charge in [0.2, 0.25) is 5.91 Å².